The van der Waals surface area contributed by atoms with E-state index in [1.165, 1.54) is 0 Å². The average Bonchev–Trinajstić information content (AvgIpc) is 2.26. The number of hydrogen-bond donors (Lipinski definition) is 0. The van der Waals surface area contributed by atoms with Gasteiger partial charge < -0.3 is 9.47 Å². The molecule has 0 aliphatic heterocycles. The summed E-state index contributed by atoms with van der Waals surface area (Å²) in [6, 6.07) is 10.0. The molecular formula is C12H14O2. The first-order chi connectivity index (χ1) is 6.86. The molecule has 0 saturated carbocycles. The Morgan fingerprint density at radius 2 is 1.71 bits per heavy atom. The van der Waals surface area contributed by atoms with Crippen LogP contribution in [0.25, 0.3) is 6.08 Å². The fraction of sp³-hybridized carbons (Fsp3) is 0.167. The second-order valence-electron chi connectivity index (χ2n) is 2.66. The summed E-state index contributed by atoms with van der Waals surface area (Å²) in [7, 11) is 3.15. The van der Waals surface area contributed by atoms with Crippen molar-refractivity contribution in [2.45, 2.75) is 0 Å². The molecule has 0 N–H and O–H groups in total. The Labute approximate surface area is 84.5 Å². The van der Waals surface area contributed by atoms with E-state index in [-0.39, 0.29) is 0 Å². The number of rotatable bonds is 4. The Kier molecular flexibility index (Phi) is 4.35. The summed E-state index contributed by atoms with van der Waals surface area (Å²) >= 11 is 0. The molecular weight excluding hydrogens is 176 g/mol. The second-order valence-corrected chi connectivity index (χ2v) is 2.66. The van der Waals surface area contributed by atoms with Crippen LogP contribution < -0.4 is 0 Å². The lowest BCUT2D eigenvalue weighted by molar-refractivity contribution is 0.0956. The van der Waals surface area contributed by atoms with Gasteiger partial charge in [0.15, 0.2) is 0 Å². The monoisotopic (exact) mass is 190 g/mol. The van der Waals surface area contributed by atoms with Crippen LogP contribution in [0.15, 0.2) is 48.4 Å². The first-order valence-corrected chi connectivity index (χ1v) is 4.38. The molecule has 74 valence electrons. The molecule has 0 unspecified atom stereocenters. The van der Waals surface area contributed by atoms with Crippen LogP contribution in [-0.4, -0.2) is 14.2 Å². The van der Waals surface area contributed by atoms with Crippen molar-refractivity contribution in [1.82, 2.24) is 0 Å². The minimum absolute atomic E-state index is 0.497. The van der Waals surface area contributed by atoms with Crippen molar-refractivity contribution in [2.24, 2.45) is 0 Å². The van der Waals surface area contributed by atoms with E-state index >= 15 is 0 Å². The van der Waals surface area contributed by atoms with Crippen molar-refractivity contribution in [1.29, 1.82) is 0 Å². The van der Waals surface area contributed by atoms with Gasteiger partial charge in [-0.05, 0) is 5.56 Å². The number of ether oxygens (including phenoxy) is 2. The molecule has 1 aromatic carbocycles. The molecule has 0 bridgehead atoms. The lowest BCUT2D eigenvalue weighted by atomic mass is 10.2. The van der Waals surface area contributed by atoms with Crippen molar-refractivity contribution in [3.8, 4) is 0 Å². The quantitative estimate of drug-likeness (QED) is 0.537. The molecule has 0 atom stereocenters. The molecule has 0 aromatic heterocycles. The van der Waals surface area contributed by atoms with Crippen LogP contribution in [0.3, 0.4) is 0 Å². The van der Waals surface area contributed by atoms with Gasteiger partial charge in [-0.2, -0.15) is 0 Å². The molecule has 0 saturated heterocycles. The lowest BCUT2D eigenvalue weighted by Gasteiger charge is -2.00. The van der Waals surface area contributed by atoms with Crippen molar-refractivity contribution in [3.05, 3.63) is 54.0 Å². The summed E-state index contributed by atoms with van der Waals surface area (Å²) in [4.78, 5) is 0. The van der Waals surface area contributed by atoms with Gasteiger partial charge in [0.1, 0.15) is 0 Å². The molecule has 2 nitrogen and oxygen atoms in total. The Morgan fingerprint density at radius 1 is 1.07 bits per heavy atom. The largest absolute Gasteiger partial charge is 0.469 e. The zero-order chi connectivity index (χ0) is 10.2. The number of benzene rings is 1. The van der Waals surface area contributed by atoms with E-state index < -0.39 is 0 Å². The summed E-state index contributed by atoms with van der Waals surface area (Å²) in [6.07, 6.45) is 5.64. The van der Waals surface area contributed by atoms with E-state index in [9.17, 15) is 0 Å². The van der Waals surface area contributed by atoms with Gasteiger partial charge in [0, 0.05) is 6.08 Å². The highest BCUT2D eigenvalue weighted by Gasteiger charge is 1.87. The van der Waals surface area contributed by atoms with Crippen LogP contribution in [0.5, 0.6) is 0 Å². The SMILES string of the molecule is COC(=CC=Cc1ccccc1)OC. The van der Waals surface area contributed by atoms with Gasteiger partial charge in [-0.25, -0.2) is 0 Å². The minimum atomic E-state index is 0.497. The van der Waals surface area contributed by atoms with Gasteiger partial charge in [0.05, 0.1) is 14.2 Å². The van der Waals surface area contributed by atoms with Gasteiger partial charge in [-0.15, -0.1) is 0 Å². The normalized spacial score (nSPS) is 9.86. The highest BCUT2D eigenvalue weighted by Crippen LogP contribution is 2.02. The predicted octanol–water partition coefficient (Wildman–Crippen LogP) is 2.83. The Bertz CT molecular complexity index is 306. The summed E-state index contributed by atoms with van der Waals surface area (Å²) < 4.78 is 9.85. The van der Waals surface area contributed by atoms with E-state index in [0.29, 0.717) is 5.95 Å². The fourth-order valence-corrected chi connectivity index (χ4v) is 1.02. The Morgan fingerprint density at radius 3 is 2.29 bits per heavy atom. The molecule has 1 aromatic rings. The third kappa shape index (κ3) is 3.35. The van der Waals surface area contributed by atoms with Crippen LogP contribution in [0.1, 0.15) is 5.56 Å². The van der Waals surface area contributed by atoms with E-state index in [2.05, 4.69) is 0 Å². The summed E-state index contributed by atoms with van der Waals surface area (Å²) in [5, 5.41) is 0. The molecule has 0 aliphatic carbocycles. The Hall–Kier alpha value is -1.70. The molecule has 0 spiro atoms. The molecule has 0 heterocycles. The van der Waals surface area contributed by atoms with Crippen LogP contribution in [0.2, 0.25) is 0 Å². The van der Waals surface area contributed by atoms with Gasteiger partial charge >= 0.3 is 0 Å². The third-order valence-electron chi connectivity index (χ3n) is 1.72. The lowest BCUT2D eigenvalue weighted by Crippen LogP contribution is -1.87. The first-order valence-electron chi connectivity index (χ1n) is 4.38. The summed E-state index contributed by atoms with van der Waals surface area (Å²) in [5.41, 5.74) is 1.15. The fourth-order valence-electron chi connectivity index (χ4n) is 1.02. The first kappa shape index (κ1) is 10.4. The van der Waals surface area contributed by atoms with E-state index in [4.69, 9.17) is 9.47 Å². The van der Waals surface area contributed by atoms with Crippen molar-refractivity contribution < 1.29 is 9.47 Å². The highest BCUT2D eigenvalue weighted by molar-refractivity contribution is 5.50. The number of methoxy groups -OCH3 is 2. The average molecular weight is 190 g/mol. The highest BCUT2D eigenvalue weighted by atomic mass is 16.7. The summed E-state index contributed by atoms with van der Waals surface area (Å²) in [5.74, 6) is 0.497. The standard InChI is InChI=1S/C12H14O2/c1-13-12(14-2)10-6-9-11-7-4-3-5-8-11/h3-10H,1-2H3. The van der Waals surface area contributed by atoms with Crippen molar-refractivity contribution >= 4 is 6.08 Å². The van der Waals surface area contributed by atoms with Crippen molar-refractivity contribution in [3.63, 3.8) is 0 Å². The maximum absolute atomic E-state index is 4.93. The van der Waals surface area contributed by atoms with Crippen molar-refractivity contribution in [2.75, 3.05) is 14.2 Å². The third-order valence-corrected chi connectivity index (χ3v) is 1.72. The topological polar surface area (TPSA) is 18.5 Å². The maximum Gasteiger partial charge on any atom is 0.278 e. The van der Waals surface area contributed by atoms with Crippen LogP contribution in [0, 0.1) is 0 Å². The van der Waals surface area contributed by atoms with E-state index in [1.54, 1.807) is 20.3 Å². The van der Waals surface area contributed by atoms with E-state index in [1.807, 2.05) is 42.5 Å². The van der Waals surface area contributed by atoms with Gasteiger partial charge in [0.25, 0.3) is 5.95 Å². The zero-order valence-corrected chi connectivity index (χ0v) is 8.44. The molecule has 0 fully saturated rings. The molecule has 0 amide bonds. The predicted molar refractivity (Wildman–Crippen MR) is 57.6 cm³/mol. The van der Waals surface area contributed by atoms with Gasteiger partial charge in [-0.1, -0.05) is 42.5 Å². The molecule has 14 heavy (non-hydrogen) atoms. The van der Waals surface area contributed by atoms with Crippen LogP contribution in [0.4, 0.5) is 0 Å². The molecule has 0 aliphatic rings. The second kappa shape index (κ2) is 5.86. The molecule has 2 heteroatoms. The van der Waals surface area contributed by atoms with E-state index in [0.717, 1.165) is 5.56 Å². The smallest absolute Gasteiger partial charge is 0.278 e. The number of allylic oxidation sites excluding steroid dienone is 2. The van der Waals surface area contributed by atoms with Gasteiger partial charge in [0.2, 0.25) is 0 Å². The van der Waals surface area contributed by atoms with Gasteiger partial charge in [-0.3, -0.25) is 0 Å². The Balaban J connectivity index is 2.61. The maximum atomic E-state index is 4.93. The molecule has 1 rings (SSSR count). The van der Waals surface area contributed by atoms with Crippen LogP contribution in [-0.2, 0) is 9.47 Å². The van der Waals surface area contributed by atoms with Crippen LogP contribution >= 0.6 is 0 Å². The minimum Gasteiger partial charge on any atom is -0.469 e. The number of hydrogen-bond acceptors (Lipinski definition) is 2. The molecule has 0 radical (unpaired) electrons. The summed E-state index contributed by atoms with van der Waals surface area (Å²) in [6.45, 7) is 0. The zero-order valence-electron chi connectivity index (χ0n) is 8.44.